The van der Waals surface area contributed by atoms with Gasteiger partial charge >= 0.3 is 0 Å². The Hall–Kier alpha value is -1.76. The number of carbonyl (C=O) groups excluding carboxylic acids is 1. The van der Waals surface area contributed by atoms with Crippen LogP contribution in [0.25, 0.3) is 11.4 Å². The van der Waals surface area contributed by atoms with Gasteiger partial charge in [-0.2, -0.15) is 0 Å². The topological polar surface area (TPSA) is 72.9 Å². The highest BCUT2D eigenvalue weighted by atomic mass is 32.2. The lowest BCUT2D eigenvalue weighted by Gasteiger charge is -2.22. The number of hydrogen-bond donors (Lipinski definition) is 1. The zero-order valence-electron chi connectivity index (χ0n) is 14.2. The molecule has 7 heteroatoms. The van der Waals surface area contributed by atoms with E-state index in [-0.39, 0.29) is 5.91 Å². The molecule has 2 heterocycles. The number of thioether (sulfide) groups is 1. The normalized spacial score (nSPS) is 15.6. The van der Waals surface area contributed by atoms with E-state index in [0.717, 1.165) is 35.1 Å². The number of aryl methyl sites for hydroxylation is 1. The van der Waals surface area contributed by atoms with Crippen LogP contribution in [-0.4, -0.2) is 32.5 Å². The van der Waals surface area contributed by atoms with Gasteiger partial charge in [0.05, 0.1) is 11.8 Å². The molecule has 130 valence electrons. The smallest absolute Gasteiger partial charge is 0.221 e. The monoisotopic (exact) mass is 348 g/mol. The summed E-state index contributed by atoms with van der Waals surface area (Å²) in [6, 6.07) is 2.27. The van der Waals surface area contributed by atoms with Gasteiger partial charge in [-0.25, -0.2) is 0 Å². The molecule has 24 heavy (non-hydrogen) atoms. The lowest BCUT2D eigenvalue weighted by Crippen LogP contribution is -2.36. The zero-order chi connectivity index (χ0) is 16.9. The van der Waals surface area contributed by atoms with Crippen LogP contribution in [0.2, 0.25) is 0 Å². The first-order chi connectivity index (χ1) is 11.6. The number of amides is 1. The summed E-state index contributed by atoms with van der Waals surface area (Å²) in [7, 11) is 1.94. The lowest BCUT2D eigenvalue weighted by atomic mass is 9.95. The van der Waals surface area contributed by atoms with Gasteiger partial charge in [-0.15, -0.1) is 10.2 Å². The largest absolute Gasteiger partial charge is 0.469 e. The summed E-state index contributed by atoms with van der Waals surface area (Å²) in [5.74, 6) is 2.46. The Morgan fingerprint density at radius 1 is 1.38 bits per heavy atom. The molecule has 0 bridgehead atoms. The van der Waals surface area contributed by atoms with Crippen molar-refractivity contribution < 1.29 is 9.21 Å². The average molecular weight is 348 g/mol. The first-order valence-corrected chi connectivity index (χ1v) is 9.49. The highest BCUT2D eigenvalue weighted by Crippen LogP contribution is 2.26. The number of furan rings is 1. The van der Waals surface area contributed by atoms with Crippen LogP contribution in [-0.2, 0) is 11.8 Å². The van der Waals surface area contributed by atoms with Crippen LogP contribution in [0.15, 0.2) is 21.9 Å². The maximum Gasteiger partial charge on any atom is 0.221 e. The molecule has 1 fully saturated rings. The van der Waals surface area contributed by atoms with Crippen molar-refractivity contribution in [2.45, 2.75) is 56.6 Å². The number of carbonyl (C=O) groups is 1. The summed E-state index contributed by atoms with van der Waals surface area (Å²) < 4.78 is 7.27. The third-order valence-electron chi connectivity index (χ3n) is 4.47. The van der Waals surface area contributed by atoms with Crippen molar-refractivity contribution in [3.05, 3.63) is 18.1 Å². The van der Waals surface area contributed by atoms with Gasteiger partial charge in [0.25, 0.3) is 0 Å². The molecule has 1 aliphatic carbocycles. The molecule has 2 aromatic heterocycles. The number of rotatable bonds is 6. The summed E-state index contributed by atoms with van der Waals surface area (Å²) in [6.07, 6.45) is 8.16. The summed E-state index contributed by atoms with van der Waals surface area (Å²) in [5.41, 5.74) is 0.951. The van der Waals surface area contributed by atoms with Crippen molar-refractivity contribution in [2.75, 3.05) is 5.75 Å². The van der Waals surface area contributed by atoms with E-state index in [9.17, 15) is 4.79 Å². The van der Waals surface area contributed by atoms with Crippen molar-refractivity contribution in [3.63, 3.8) is 0 Å². The van der Waals surface area contributed by atoms with Gasteiger partial charge < -0.3 is 14.3 Å². The Morgan fingerprint density at radius 3 is 2.88 bits per heavy atom. The van der Waals surface area contributed by atoms with E-state index in [0.29, 0.717) is 18.2 Å². The second kappa shape index (κ2) is 7.88. The predicted molar refractivity (Wildman–Crippen MR) is 93.8 cm³/mol. The highest BCUT2D eigenvalue weighted by Gasteiger charge is 2.17. The minimum Gasteiger partial charge on any atom is -0.469 e. The Bertz CT molecular complexity index is 689. The van der Waals surface area contributed by atoms with Crippen molar-refractivity contribution in [1.29, 1.82) is 0 Å². The average Bonchev–Trinajstić information content (AvgIpc) is 3.14. The third kappa shape index (κ3) is 4.01. The van der Waals surface area contributed by atoms with Gasteiger partial charge in [-0.05, 0) is 25.8 Å². The van der Waals surface area contributed by atoms with Gasteiger partial charge in [0.15, 0.2) is 11.0 Å². The number of hydrogen-bond acceptors (Lipinski definition) is 5. The number of aromatic nitrogens is 3. The van der Waals surface area contributed by atoms with Crippen LogP contribution < -0.4 is 5.32 Å². The van der Waals surface area contributed by atoms with E-state index in [1.807, 2.05) is 24.6 Å². The van der Waals surface area contributed by atoms with E-state index in [2.05, 4.69) is 15.5 Å². The SMILES string of the molecule is Cc1occc1-c1nnc(SCCC(=O)NC2CCCCC2)n1C. The van der Waals surface area contributed by atoms with Gasteiger partial charge in [0.2, 0.25) is 5.91 Å². The second-order valence-corrected chi connectivity index (χ2v) is 7.32. The van der Waals surface area contributed by atoms with E-state index < -0.39 is 0 Å². The molecular weight excluding hydrogens is 324 g/mol. The van der Waals surface area contributed by atoms with Crippen LogP contribution in [0.3, 0.4) is 0 Å². The van der Waals surface area contributed by atoms with E-state index in [1.165, 1.54) is 19.3 Å². The van der Waals surface area contributed by atoms with Crippen molar-refractivity contribution in [2.24, 2.45) is 7.05 Å². The second-order valence-electron chi connectivity index (χ2n) is 6.26. The van der Waals surface area contributed by atoms with Crippen molar-refractivity contribution in [1.82, 2.24) is 20.1 Å². The Balaban J connectivity index is 1.49. The Morgan fingerprint density at radius 2 is 2.17 bits per heavy atom. The molecule has 3 rings (SSSR count). The Labute approximate surface area is 146 Å². The standard InChI is InChI=1S/C17H24N4O2S/c1-12-14(8-10-23-12)16-19-20-17(21(16)2)24-11-9-15(22)18-13-6-4-3-5-7-13/h8,10,13H,3-7,9,11H2,1-2H3,(H,18,22). The van der Waals surface area contributed by atoms with Gasteiger partial charge in [-0.1, -0.05) is 31.0 Å². The van der Waals surface area contributed by atoms with Crippen LogP contribution in [0.5, 0.6) is 0 Å². The molecule has 0 saturated heterocycles. The zero-order valence-corrected chi connectivity index (χ0v) is 15.1. The van der Waals surface area contributed by atoms with Crippen molar-refractivity contribution in [3.8, 4) is 11.4 Å². The maximum atomic E-state index is 12.0. The third-order valence-corrected chi connectivity index (χ3v) is 5.49. The van der Waals surface area contributed by atoms with Gasteiger partial charge in [0, 0.05) is 25.3 Å². The summed E-state index contributed by atoms with van der Waals surface area (Å²) in [6.45, 7) is 1.91. The maximum absolute atomic E-state index is 12.0. The molecule has 1 saturated carbocycles. The number of nitrogens with zero attached hydrogens (tertiary/aromatic N) is 3. The van der Waals surface area contributed by atoms with Crippen LogP contribution >= 0.6 is 11.8 Å². The Kier molecular flexibility index (Phi) is 5.60. The molecule has 0 aliphatic heterocycles. The molecule has 0 radical (unpaired) electrons. The van der Waals surface area contributed by atoms with Crippen LogP contribution in [0.4, 0.5) is 0 Å². The molecule has 1 aliphatic rings. The highest BCUT2D eigenvalue weighted by molar-refractivity contribution is 7.99. The number of nitrogens with one attached hydrogen (secondary N) is 1. The molecule has 1 N–H and O–H groups in total. The molecule has 0 atom stereocenters. The first-order valence-electron chi connectivity index (χ1n) is 8.51. The lowest BCUT2D eigenvalue weighted by molar-refractivity contribution is -0.121. The van der Waals surface area contributed by atoms with Crippen molar-refractivity contribution >= 4 is 17.7 Å². The van der Waals surface area contributed by atoms with E-state index >= 15 is 0 Å². The first kappa shape index (κ1) is 17.1. The molecule has 0 spiro atoms. The fraction of sp³-hybridized carbons (Fsp3) is 0.588. The molecule has 6 nitrogen and oxygen atoms in total. The molecule has 0 aromatic carbocycles. The fourth-order valence-corrected chi connectivity index (χ4v) is 3.92. The van der Waals surface area contributed by atoms with Crippen LogP contribution in [0.1, 0.15) is 44.3 Å². The quantitative estimate of drug-likeness (QED) is 0.811. The van der Waals surface area contributed by atoms with Crippen LogP contribution in [0, 0.1) is 6.92 Å². The molecule has 2 aromatic rings. The summed E-state index contributed by atoms with van der Waals surface area (Å²) >= 11 is 1.56. The molecule has 1 amide bonds. The van der Waals surface area contributed by atoms with Gasteiger partial charge in [0.1, 0.15) is 5.76 Å². The van der Waals surface area contributed by atoms with E-state index in [4.69, 9.17) is 4.42 Å². The molecule has 0 unspecified atom stereocenters. The predicted octanol–water partition coefficient (Wildman–Crippen LogP) is 3.31. The summed E-state index contributed by atoms with van der Waals surface area (Å²) in [4.78, 5) is 12.0. The fourth-order valence-electron chi connectivity index (χ4n) is 3.07. The minimum absolute atomic E-state index is 0.141. The minimum atomic E-state index is 0.141. The van der Waals surface area contributed by atoms with E-state index in [1.54, 1.807) is 18.0 Å². The molecular formula is C17H24N4O2S. The summed E-state index contributed by atoms with van der Waals surface area (Å²) in [5, 5.41) is 12.4. The van der Waals surface area contributed by atoms with Gasteiger partial charge in [-0.3, -0.25) is 4.79 Å².